The summed E-state index contributed by atoms with van der Waals surface area (Å²) in [5.74, 6) is -0.0721. The molecule has 4 nitrogen and oxygen atoms in total. The highest BCUT2D eigenvalue weighted by atomic mass is 16.3. The van der Waals surface area contributed by atoms with E-state index >= 15 is 0 Å². The van der Waals surface area contributed by atoms with Gasteiger partial charge in [0, 0.05) is 19.6 Å². The number of hydrogen-bond donors (Lipinski definition) is 2. The van der Waals surface area contributed by atoms with E-state index in [0.29, 0.717) is 5.56 Å². The number of para-hydroxylation sites is 1. The third-order valence-electron chi connectivity index (χ3n) is 3.04. The lowest BCUT2D eigenvalue weighted by Crippen LogP contribution is -2.38. The second-order valence-corrected chi connectivity index (χ2v) is 4.08. The van der Waals surface area contributed by atoms with Crippen molar-refractivity contribution in [3.63, 3.8) is 0 Å². The SMILES string of the molecule is CN(C(=O)c1ccccc1O)C1CCNC1. The van der Waals surface area contributed by atoms with Crippen LogP contribution >= 0.6 is 0 Å². The van der Waals surface area contributed by atoms with Crippen LogP contribution in [0.15, 0.2) is 24.3 Å². The van der Waals surface area contributed by atoms with Crippen LogP contribution < -0.4 is 5.32 Å². The first-order valence-corrected chi connectivity index (χ1v) is 5.46. The van der Waals surface area contributed by atoms with Gasteiger partial charge < -0.3 is 15.3 Å². The van der Waals surface area contributed by atoms with Crippen molar-refractivity contribution in [2.45, 2.75) is 12.5 Å². The Kier molecular flexibility index (Phi) is 3.10. The van der Waals surface area contributed by atoms with Gasteiger partial charge >= 0.3 is 0 Å². The summed E-state index contributed by atoms with van der Waals surface area (Å²) in [6, 6.07) is 6.88. The van der Waals surface area contributed by atoms with E-state index in [4.69, 9.17) is 0 Å². The third-order valence-corrected chi connectivity index (χ3v) is 3.04. The Hall–Kier alpha value is -1.55. The zero-order valence-corrected chi connectivity index (χ0v) is 9.31. The Labute approximate surface area is 94.9 Å². The summed E-state index contributed by atoms with van der Waals surface area (Å²) in [6.45, 7) is 1.78. The van der Waals surface area contributed by atoms with Gasteiger partial charge in [-0.2, -0.15) is 0 Å². The summed E-state index contributed by atoms with van der Waals surface area (Å²) in [5, 5.41) is 12.8. The number of amides is 1. The van der Waals surface area contributed by atoms with Crippen LogP contribution in [0.25, 0.3) is 0 Å². The van der Waals surface area contributed by atoms with E-state index in [1.165, 1.54) is 6.07 Å². The minimum absolute atomic E-state index is 0.0466. The first kappa shape index (κ1) is 11.0. The van der Waals surface area contributed by atoms with E-state index in [9.17, 15) is 9.90 Å². The lowest BCUT2D eigenvalue weighted by atomic mass is 10.1. The van der Waals surface area contributed by atoms with Gasteiger partial charge in [-0.05, 0) is 25.1 Å². The van der Waals surface area contributed by atoms with Crippen molar-refractivity contribution in [3.8, 4) is 5.75 Å². The number of phenolic OH excluding ortho intramolecular Hbond substituents is 1. The summed E-state index contributed by atoms with van der Waals surface area (Å²) >= 11 is 0. The van der Waals surface area contributed by atoms with Crippen LogP contribution in [0.5, 0.6) is 5.75 Å². The monoisotopic (exact) mass is 220 g/mol. The molecular formula is C12H16N2O2. The van der Waals surface area contributed by atoms with Crippen LogP contribution in [-0.4, -0.2) is 42.1 Å². The molecule has 1 saturated heterocycles. The average Bonchev–Trinajstić information content (AvgIpc) is 2.81. The maximum Gasteiger partial charge on any atom is 0.257 e. The molecule has 0 saturated carbocycles. The van der Waals surface area contributed by atoms with Gasteiger partial charge in [-0.3, -0.25) is 4.79 Å². The number of aromatic hydroxyl groups is 1. The Morgan fingerprint density at radius 2 is 2.25 bits per heavy atom. The normalized spacial score (nSPS) is 19.7. The molecular weight excluding hydrogens is 204 g/mol. The first-order valence-electron chi connectivity index (χ1n) is 5.46. The molecule has 1 aromatic carbocycles. The highest BCUT2D eigenvalue weighted by molar-refractivity contribution is 5.96. The molecule has 1 unspecified atom stereocenters. The van der Waals surface area contributed by atoms with E-state index < -0.39 is 0 Å². The Bertz CT molecular complexity index is 386. The number of benzene rings is 1. The molecule has 86 valence electrons. The van der Waals surface area contributed by atoms with E-state index in [1.807, 2.05) is 0 Å². The molecule has 1 aliphatic rings. The van der Waals surface area contributed by atoms with Gasteiger partial charge in [0.1, 0.15) is 5.75 Å². The van der Waals surface area contributed by atoms with Gasteiger partial charge in [0.25, 0.3) is 5.91 Å². The summed E-state index contributed by atoms with van der Waals surface area (Å²) in [7, 11) is 1.78. The number of phenols is 1. The van der Waals surface area contributed by atoms with Crippen LogP contribution in [0.1, 0.15) is 16.8 Å². The molecule has 0 radical (unpaired) electrons. The van der Waals surface area contributed by atoms with Crippen molar-refractivity contribution < 1.29 is 9.90 Å². The Balaban J connectivity index is 2.15. The molecule has 16 heavy (non-hydrogen) atoms. The highest BCUT2D eigenvalue weighted by Gasteiger charge is 2.25. The Morgan fingerprint density at radius 1 is 1.50 bits per heavy atom. The van der Waals surface area contributed by atoms with Crippen LogP contribution in [0.4, 0.5) is 0 Å². The molecule has 0 bridgehead atoms. The zero-order chi connectivity index (χ0) is 11.5. The van der Waals surface area contributed by atoms with Crippen molar-refractivity contribution in [1.82, 2.24) is 10.2 Å². The number of nitrogens with zero attached hydrogens (tertiary/aromatic N) is 1. The molecule has 1 aliphatic heterocycles. The van der Waals surface area contributed by atoms with Crippen molar-refractivity contribution in [2.24, 2.45) is 0 Å². The summed E-state index contributed by atoms with van der Waals surface area (Å²) < 4.78 is 0. The van der Waals surface area contributed by atoms with E-state index in [1.54, 1.807) is 30.1 Å². The molecule has 1 aromatic rings. The first-order chi connectivity index (χ1) is 7.70. The maximum atomic E-state index is 12.1. The number of rotatable bonds is 2. The second kappa shape index (κ2) is 4.53. The highest BCUT2D eigenvalue weighted by Crippen LogP contribution is 2.19. The van der Waals surface area contributed by atoms with Crippen molar-refractivity contribution >= 4 is 5.91 Å². The van der Waals surface area contributed by atoms with Crippen molar-refractivity contribution in [2.75, 3.05) is 20.1 Å². The molecule has 1 atom stereocenters. The summed E-state index contributed by atoms with van der Waals surface area (Å²) in [4.78, 5) is 13.8. The molecule has 2 rings (SSSR count). The van der Waals surface area contributed by atoms with Crippen LogP contribution in [0, 0.1) is 0 Å². The van der Waals surface area contributed by atoms with Gasteiger partial charge in [-0.1, -0.05) is 12.1 Å². The average molecular weight is 220 g/mol. The minimum Gasteiger partial charge on any atom is -0.507 e. The fraction of sp³-hybridized carbons (Fsp3) is 0.417. The number of carbonyl (C=O) groups is 1. The number of hydrogen-bond acceptors (Lipinski definition) is 3. The number of likely N-dealkylation sites (N-methyl/N-ethyl adjacent to an activating group) is 1. The molecule has 1 fully saturated rings. The molecule has 1 heterocycles. The predicted molar refractivity (Wildman–Crippen MR) is 61.5 cm³/mol. The quantitative estimate of drug-likeness (QED) is 0.776. The minimum atomic E-state index is -0.119. The lowest BCUT2D eigenvalue weighted by Gasteiger charge is -2.24. The van der Waals surface area contributed by atoms with Gasteiger partial charge in [0.2, 0.25) is 0 Å². The lowest BCUT2D eigenvalue weighted by molar-refractivity contribution is 0.0741. The summed E-state index contributed by atoms with van der Waals surface area (Å²) in [6.07, 6.45) is 0.968. The standard InChI is InChI=1S/C12H16N2O2/c1-14(9-6-7-13-8-9)12(16)10-4-2-3-5-11(10)15/h2-5,9,13,15H,6-8H2,1H3. The molecule has 0 aromatic heterocycles. The zero-order valence-electron chi connectivity index (χ0n) is 9.31. The third kappa shape index (κ3) is 2.02. The summed E-state index contributed by atoms with van der Waals surface area (Å²) in [5.41, 5.74) is 0.372. The van der Waals surface area contributed by atoms with E-state index in [2.05, 4.69) is 5.32 Å². The second-order valence-electron chi connectivity index (χ2n) is 4.08. The number of carbonyl (C=O) groups excluding carboxylic acids is 1. The van der Waals surface area contributed by atoms with Crippen LogP contribution in [0.2, 0.25) is 0 Å². The van der Waals surface area contributed by atoms with Gasteiger partial charge in [-0.25, -0.2) is 0 Å². The van der Waals surface area contributed by atoms with Crippen molar-refractivity contribution in [1.29, 1.82) is 0 Å². The van der Waals surface area contributed by atoms with Crippen LogP contribution in [0.3, 0.4) is 0 Å². The van der Waals surface area contributed by atoms with E-state index in [0.717, 1.165) is 19.5 Å². The Morgan fingerprint density at radius 3 is 2.88 bits per heavy atom. The largest absolute Gasteiger partial charge is 0.507 e. The molecule has 0 spiro atoms. The maximum absolute atomic E-state index is 12.1. The van der Waals surface area contributed by atoms with Crippen LogP contribution in [-0.2, 0) is 0 Å². The van der Waals surface area contributed by atoms with E-state index in [-0.39, 0.29) is 17.7 Å². The smallest absolute Gasteiger partial charge is 0.257 e. The van der Waals surface area contributed by atoms with Gasteiger partial charge in [0.05, 0.1) is 5.56 Å². The topological polar surface area (TPSA) is 52.6 Å². The molecule has 4 heteroatoms. The molecule has 2 N–H and O–H groups in total. The molecule has 1 amide bonds. The fourth-order valence-corrected chi connectivity index (χ4v) is 1.98. The van der Waals surface area contributed by atoms with Crippen molar-refractivity contribution in [3.05, 3.63) is 29.8 Å². The molecule has 0 aliphatic carbocycles. The fourth-order valence-electron chi connectivity index (χ4n) is 1.98. The van der Waals surface area contributed by atoms with Gasteiger partial charge in [0.15, 0.2) is 0 Å². The van der Waals surface area contributed by atoms with Gasteiger partial charge in [-0.15, -0.1) is 0 Å². The predicted octanol–water partition coefficient (Wildman–Crippen LogP) is 0.826. The number of nitrogens with one attached hydrogen (secondary N) is 1.